The summed E-state index contributed by atoms with van der Waals surface area (Å²) in [6.07, 6.45) is 2.95. The molecule has 8 heteroatoms. The molecule has 6 N–H and O–H groups in total. The fourth-order valence-electron chi connectivity index (χ4n) is 7.63. The van der Waals surface area contributed by atoms with E-state index in [9.17, 15) is 30.6 Å². The van der Waals surface area contributed by atoms with Gasteiger partial charge < -0.3 is 30.6 Å². The quantitative estimate of drug-likeness (QED) is 0.0646. The van der Waals surface area contributed by atoms with Crippen LogP contribution in [0, 0.1) is 13.8 Å². The molecule has 8 nitrogen and oxygen atoms in total. The number of phenolic OH excluding ortho intramolecular Hbond substituents is 6. The number of hydrogen-bond donors (Lipinski definition) is 6. The molecule has 0 saturated carbocycles. The van der Waals surface area contributed by atoms with Crippen molar-refractivity contribution in [3.05, 3.63) is 117 Å². The Morgan fingerprint density at radius 1 is 0.463 bits per heavy atom. The SMILES string of the molecule is Cc1cc2c(C(C)C)c(O)c(O)c(C=N[C@@H](C)c3ccccc3)c2c(O)c1-c1c(C)cc2c(C(C)C)c(O)c(O)c(C=N[C@@H](C)c3ccccc3)c2c1O. The molecule has 2 atom stereocenters. The molecule has 0 aliphatic carbocycles. The first-order valence-electron chi connectivity index (χ1n) is 18.3. The van der Waals surface area contributed by atoms with Crippen LogP contribution in [0.15, 0.2) is 82.8 Å². The summed E-state index contributed by atoms with van der Waals surface area (Å²) in [5.74, 6) is -2.26. The molecule has 54 heavy (non-hydrogen) atoms. The van der Waals surface area contributed by atoms with Gasteiger partial charge in [0, 0.05) is 56.6 Å². The molecule has 0 fully saturated rings. The Labute approximate surface area is 316 Å². The van der Waals surface area contributed by atoms with Gasteiger partial charge in [-0.25, -0.2) is 0 Å². The number of aryl methyl sites for hydroxylation is 2. The molecule has 0 bridgehead atoms. The lowest BCUT2D eigenvalue weighted by Gasteiger charge is -2.23. The maximum absolute atomic E-state index is 12.4. The van der Waals surface area contributed by atoms with Gasteiger partial charge in [0.15, 0.2) is 23.0 Å². The van der Waals surface area contributed by atoms with Crippen molar-refractivity contribution in [1.82, 2.24) is 0 Å². The van der Waals surface area contributed by atoms with Gasteiger partial charge in [-0.3, -0.25) is 9.98 Å². The Hall–Kier alpha value is -6.02. The Balaban J connectivity index is 1.68. The summed E-state index contributed by atoms with van der Waals surface area (Å²) in [5.41, 5.74) is 4.93. The molecule has 278 valence electrons. The van der Waals surface area contributed by atoms with Crippen molar-refractivity contribution in [3.63, 3.8) is 0 Å². The molecule has 0 aliphatic rings. The molecule has 0 aromatic heterocycles. The minimum absolute atomic E-state index is 0.138. The zero-order chi connectivity index (χ0) is 39.2. The van der Waals surface area contributed by atoms with Crippen LogP contribution < -0.4 is 0 Å². The number of benzene rings is 6. The lowest BCUT2D eigenvalue weighted by Crippen LogP contribution is -2.02. The summed E-state index contributed by atoms with van der Waals surface area (Å²) in [4.78, 5) is 9.45. The third-order valence-electron chi connectivity index (χ3n) is 10.4. The van der Waals surface area contributed by atoms with Gasteiger partial charge in [-0.05, 0) is 72.6 Å². The van der Waals surface area contributed by atoms with Crippen LogP contribution in [0.3, 0.4) is 0 Å². The van der Waals surface area contributed by atoms with Gasteiger partial charge in [-0.15, -0.1) is 0 Å². The third-order valence-corrected chi connectivity index (χ3v) is 10.4. The van der Waals surface area contributed by atoms with Gasteiger partial charge in [-0.1, -0.05) is 100 Å². The van der Waals surface area contributed by atoms with E-state index < -0.39 is 11.5 Å². The van der Waals surface area contributed by atoms with Crippen molar-refractivity contribution in [2.45, 2.75) is 79.3 Å². The number of aliphatic imine (C=N–C) groups is 2. The van der Waals surface area contributed by atoms with E-state index in [1.165, 1.54) is 12.4 Å². The van der Waals surface area contributed by atoms with Crippen LogP contribution in [-0.4, -0.2) is 43.1 Å². The van der Waals surface area contributed by atoms with Crippen LogP contribution in [0.25, 0.3) is 32.7 Å². The predicted octanol–water partition coefficient (Wildman–Crippen LogP) is 11.1. The monoisotopic (exact) mass is 724 g/mol. The summed E-state index contributed by atoms with van der Waals surface area (Å²) >= 11 is 0. The van der Waals surface area contributed by atoms with Crippen LogP contribution >= 0.6 is 0 Å². The maximum atomic E-state index is 12.4. The van der Waals surface area contributed by atoms with E-state index >= 15 is 0 Å². The first-order chi connectivity index (χ1) is 25.6. The Morgan fingerprint density at radius 2 is 0.796 bits per heavy atom. The third kappa shape index (κ3) is 6.46. The fraction of sp³-hybridized carbons (Fsp3) is 0.261. The largest absolute Gasteiger partial charge is 0.507 e. The lowest BCUT2D eigenvalue weighted by atomic mass is 9.83. The zero-order valence-electron chi connectivity index (χ0n) is 32.0. The number of hydrogen-bond acceptors (Lipinski definition) is 8. The van der Waals surface area contributed by atoms with Gasteiger partial charge in [-0.2, -0.15) is 0 Å². The van der Waals surface area contributed by atoms with E-state index in [1.54, 1.807) is 0 Å². The molecule has 0 amide bonds. The summed E-state index contributed by atoms with van der Waals surface area (Å²) in [6.45, 7) is 15.1. The number of phenols is 6. The van der Waals surface area contributed by atoms with Crippen molar-refractivity contribution < 1.29 is 30.6 Å². The minimum Gasteiger partial charge on any atom is -0.507 e. The van der Waals surface area contributed by atoms with E-state index in [2.05, 4.69) is 0 Å². The van der Waals surface area contributed by atoms with Crippen molar-refractivity contribution in [3.8, 4) is 45.6 Å². The van der Waals surface area contributed by atoms with Gasteiger partial charge in [0.05, 0.1) is 12.1 Å². The molecule has 0 radical (unpaired) electrons. The maximum Gasteiger partial charge on any atom is 0.167 e. The summed E-state index contributed by atoms with van der Waals surface area (Å²) < 4.78 is 0. The van der Waals surface area contributed by atoms with Crippen LogP contribution in [0.2, 0.25) is 0 Å². The highest BCUT2D eigenvalue weighted by molar-refractivity contribution is 6.15. The molecule has 0 unspecified atom stereocenters. The number of nitrogens with zero attached hydrogens (tertiary/aromatic N) is 2. The first kappa shape index (κ1) is 37.7. The van der Waals surface area contributed by atoms with Crippen LogP contribution in [0.1, 0.15) is 110 Å². The normalized spacial score (nSPS) is 13.3. The van der Waals surface area contributed by atoms with E-state index in [0.29, 0.717) is 44.2 Å². The van der Waals surface area contributed by atoms with Gasteiger partial charge >= 0.3 is 0 Å². The second-order valence-corrected chi connectivity index (χ2v) is 14.8. The highest BCUT2D eigenvalue weighted by Gasteiger charge is 2.29. The second-order valence-electron chi connectivity index (χ2n) is 14.8. The molecule has 0 heterocycles. The van der Waals surface area contributed by atoms with E-state index in [1.807, 2.05) is 128 Å². The molecular weight excluding hydrogens is 677 g/mol. The Kier molecular flexibility index (Phi) is 10.3. The summed E-state index contributed by atoms with van der Waals surface area (Å²) in [5, 5.41) is 72.1. The number of aromatic hydroxyl groups is 6. The van der Waals surface area contributed by atoms with Gasteiger partial charge in [0.1, 0.15) is 11.5 Å². The van der Waals surface area contributed by atoms with E-state index in [4.69, 9.17) is 9.98 Å². The summed E-state index contributed by atoms with van der Waals surface area (Å²) in [6, 6.07) is 22.4. The molecule has 6 aromatic carbocycles. The summed E-state index contributed by atoms with van der Waals surface area (Å²) in [7, 11) is 0. The highest BCUT2D eigenvalue weighted by Crippen LogP contribution is 2.54. The molecule has 0 aliphatic heterocycles. The van der Waals surface area contributed by atoms with Crippen LogP contribution in [0.5, 0.6) is 34.5 Å². The molecule has 0 saturated heterocycles. The Morgan fingerprint density at radius 3 is 1.11 bits per heavy atom. The number of fused-ring (bicyclic) bond motifs is 2. The van der Waals surface area contributed by atoms with E-state index in [-0.39, 0.29) is 68.8 Å². The van der Waals surface area contributed by atoms with Crippen molar-refractivity contribution in [1.29, 1.82) is 0 Å². The smallest absolute Gasteiger partial charge is 0.167 e. The van der Waals surface area contributed by atoms with Crippen molar-refractivity contribution in [2.24, 2.45) is 9.98 Å². The van der Waals surface area contributed by atoms with Gasteiger partial charge in [0.25, 0.3) is 0 Å². The topological polar surface area (TPSA) is 146 Å². The Bertz CT molecular complexity index is 2280. The predicted molar refractivity (Wildman–Crippen MR) is 219 cm³/mol. The molecule has 0 spiro atoms. The van der Waals surface area contributed by atoms with Gasteiger partial charge in [0.2, 0.25) is 0 Å². The van der Waals surface area contributed by atoms with Crippen LogP contribution in [0.4, 0.5) is 0 Å². The van der Waals surface area contributed by atoms with Crippen LogP contribution in [-0.2, 0) is 0 Å². The lowest BCUT2D eigenvalue weighted by molar-refractivity contribution is 0.398. The average Bonchev–Trinajstić information content (AvgIpc) is 3.13. The molecular formula is C46H48N2O6. The fourth-order valence-corrected chi connectivity index (χ4v) is 7.63. The highest BCUT2D eigenvalue weighted by atomic mass is 16.3. The molecule has 6 rings (SSSR count). The zero-order valence-corrected chi connectivity index (χ0v) is 32.0. The number of rotatable bonds is 9. The molecule has 6 aromatic rings. The standard InChI is InChI=1S/C46H48N2O6/c1-23(2)35-31-19-25(5)37(43(51)39(31)33(41(49)45(35)53)21-47-27(7)29-15-11-9-12-16-29)38-26(6)20-32-36(24(3)4)46(54)42(50)34(40(32)44(38)52)22-48-28(8)30-17-13-10-14-18-30/h9-24,27-28,49-54H,1-8H3/t27-,28-/m0/s1. The van der Waals surface area contributed by atoms with E-state index in [0.717, 1.165) is 11.1 Å². The minimum atomic E-state index is -0.409. The van der Waals surface area contributed by atoms with Crippen molar-refractivity contribution in [2.75, 3.05) is 0 Å². The van der Waals surface area contributed by atoms with Crippen molar-refractivity contribution >= 4 is 34.0 Å². The second kappa shape index (κ2) is 14.8. The first-order valence-corrected chi connectivity index (χ1v) is 18.3. The average molecular weight is 725 g/mol.